The Morgan fingerprint density at radius 2 is 1.61 bits per heavy atom. The van der Waals surface area contributed by atoms with Crippen LogP contribution in [0.25, 0.3) is 5.82 Å². The molecule has 2 aromatic carbocycles. The van der Waals surface area contributed by atoms with Crippen LogP contribution in [0, 0.1) is 0 Å². The smallest absolute Gasteiger partial charge is 0.266 e. The van der Waals surface area contributed by atoms with Gasteiger partial charge in [0.2, 0.25) is 0 Å². The highest BCUT2D eigenvalue weighted by atomic mass is 35.5. The summed E-state index contributed by atoms with van der Waals surface area (Å²) in [7, 11) is 0. The van der Waals surface area contributed by atoms with E-state index in [0.717, 1.165) is 18.8 Å². The summed E-state index contributed by atoms with van der Waals surface area (Å²) in [6.45, 7) is 3.23. The molecule has 7 nitrogen and oxygen atoms in total. The Balaban J connectivity index is 0.00000193. The number of hydrogen-bond acceptors (Lipinski definition) is 5. The summed E-state index contributed by atoms with van der Waals surface area (Å²) in [6.07, 6.45) is 5.16. The van der Waals surface area contributed by atoms with E-state index < -0.39 is 0 Å². The van der Waals surface area contributed by atoms with E-state index in [1.165, 1.54) is 10.2 Å². The molecule has 4 aromatic rings. The molecule has 9 heteroatoms. The highest BCUT2D eigenvalue weighted by molar-refractivity contribution is 5.85. The van der Waals surface area contributed by atoms with E-state index in [-0.39, 0.29) is 30.4 Å². The van der Waals surface area contributed by atoms with Gasteiger partial charge in [0.05, 0.1) is 6.54 Å². The standard InChI is InChI=1S/C24H25N5O2.2ClH/c30-24-12-11-23(28-14-13-25-20-28)26-29(24)16-15-27(19-21-7-3-1-4-8-21)17-18-31-22-9-5-2-6-10-22;;/h1-14,20H,15-19H2;2*1H. The van der Waals surface area contributed by atoms with Crippen molar-refractivity contribution in [2.75, 3.05) is 19.7 Å². The minimum Gasteiger partial charge on any atom is -0.492 e. The fourth-order valence-electron chi connectivity index (χ4n) is 3.29. The molecule has 33 heavy (non-hydrogen) atoms. The zero-order valence-electron chi connectivity index (χ0n) is 18.1. The van der Waals surface area contributed by atoms with Crippen molar-refractivity contribution in [2.45, 2.75) is 13.1 Å². The lowest BCUT2D eigenvalue weighted by Crippen LogP contribution is -2.34. The molecule has 0 radical (unpaired) electrons. The van der Waals surface area contributed by atoms with Gasteiger partial charge in [-0.05, 0) is 23.8 Å². The van der Waals surface area contributed by atoms with Gasteiger partial charge in [-0.3, -0.25) is 14.3 Å². The maximum atomic E-state index is 12.3. The van der Waals surface area contributed by atoms with Gasteiger partial charge in [-0.1, -0.05) is 48.5 Å². The number of ether oxygens (including phenoxy) is 1. The Bertz CT molecular complexity index is 1120. The topological polar surface area (TPSA) is 65.2 Å². The Labute approximate surface area is 205 Å². The first kappa shape index (κ1) is 26.1. The minimum atomic E-state index is -0.121. The van der Waals surface area contributed by atoms with E-state index in [1.54, 1.807) is 35.4 Å². The molecule has 0 aliphatic heterocycles. The third-order valence-electron chi connectivity index (χ3n) is 4.92. The van der Waals surface area contributed by atoms with Gasteiger partial charge in [-0.2, -0.15) is 5.10 Å². The van der Waals surface area contributed by atoms with Gasteiger partial charge >= 0.3 is 0 Å². The summed E-state index contributed by atoms with van der Waals surface area (Å²) < 4.78 is 9.17. The molecular weight excluding hydrogens is 461 g/mol. The van der Waals surface area contributed by atoms with Gasteiger partial charge in [0.15, 0.2) is 5.82 Å². The maximum Gasteiger partial charge on any atom is 0.266 e. The van der Waals surface area contributed by atoms with E-state index in [1.807, 2.05) is 48.5 Å². The zero-order valence-corrected chi connectivity index (χ0v) is 19.7. The second kappa shape index (κ2) is 13.4. The largest absolute Gasteiger partial charge is 0.492 e. The van der Waals surface area contributed by atoms with E-state index >= 15 is 0 Å². The van der Waals surface area contributed by atoms with Gasteiger partial charge < -0.3 is 4.74 Å². The molecule has 0 amide bonds. The highest BCUT2D eigenvalue weighted by Crippen LogP contribution is 2.09. The average molecular weight is 488 g/mol. The number of rotatable bonds is 10. The van der Waals surface area contributed by atoms with Crippen LogP contribution in [-0.4, -0.2) is 43.9 Å². The molecule has 0 N–H and O–H groups in total. The second-order valence-electron chi connectivity index (χ2n) is 7.15. The lowest BCUT2D eigenvalue weighted by atomic mass is 10.2. The van der Waals surface area contributed by atoms with Crippen molar-refractivity contribution >= 4 is 24.8 Å². The molecule has 2 aromatic heterocycles. The summed E-state index contributed by atoms with van der Waals surface area (Å²) in [5, 5.41) is 4.49. The molecule has 0 unspecified atom stereocenters. The molecular formula is C24H27Cl2N5O2. The van der Waals surface area contributed by atoms with Gasteiger partial charge in [0.1, 0.15) is 18.7 Å². The van der Waals surface area contributed by atoms with Crippen molar-refractivity contribution in [3.8, 4) is 11.6 Å². The maximum absolute atomic E-state index is 12.3. The van der Waals surface area contributed by atoms with E-state index in [2.05, 4.69) is 27.1 Å². The molecule has 0 saturated carbocycles. The number of nitrogens with zero attached hydrogens (tertiary/aromatic N) is 5. The van der Waals surface area contributed by atoms with Crippen LogP contribution in [0.1, 0.15) is 5.56 Å². The number of para-hydroxylation sites is 1. The first-order chi connectivity index (χ1) is 15.3. The van der Waals surface area contributed by atoms with Crippen LogP contribution in [0.2, 0.25) is 0 Å². The molecule has 0 bridgehead atoms. The van der Waals surface area contributed by atoms with Crippen molar-refractivity contribution in [1.29, 1.82) is 0 Å². The van der Waals surface area contributed by atoms with E-state index in [0.29, 0.717) is 25.5 Å². The van der Waals surface area contributed by atoms with Crippen LogP contribution >= 0.6 is 24.8 Å². The van der Waals surface area contributed by atoms with Crippen molar-refractivity contribution < 1.29 is 4.74 Å². The molecule has 0 aliphatic rings. The Hall–Kier alpha value is -3.13. The van der Waals surface area contributed by atoms with Gasteiger partial charge in [-0.15, -0.1) is 24.8 Å². The number of aromatic nitrogens is 4. The Morgan fingerprint density at radius 3 is 2.30 bits per heavy atom. The second-order valence-corrected chi connectivity index (χ2v) is 7.15. The average Bonchev–Trinajstić information content (AvgIpc) is 3.35. The lowest BCUT2D eigenvalue weighted by Gasteiger charge is -2.23. The third kappa shape index (κ3) is 7.75. The van der Waals surface area contributed by atoms with Gasteiger partial charge in [0.25, 0.3) is 5.56 Å². The fourth-order valence-corrected chi connectivity index (χ4v) is 3.29. The van der Waals surface area contributed by atoms with E-state index in [9.17, 15) is 4.79 Å². The van der Waals surface area contributed by atoms with Crippen molar-refractivity contribution in [3.05, 3.63) is 107 Å². The minimum absolute atomic E-state index is 0. The summed E-state index contributed by atoms with van der Waals surface area (Å²) in [6, 6.07) is 23.3. The lowest BCUT2D eigenvalue weighted by molar-refractivity contribution is 0.194. The number of benzene rings is 2. The van der Waals surface area contributed by atoms with Crippen LogP contribution in [0.3, 0.4) is 0 Å². The van der Waals surface area contributed by atoms with Crippen LogP contribution in [0.4, 0.5) is 0 Å². The fraction of sp³-hybridized carbons (Fsp3) is 0.208. The van der Waals surface area contributed by atoms with Crippen molar-refractivity contribution in [1.82, 2.24) is 24.2 Å². The van der Waals surface area contributed by atoms with Crippen LogP contribution in [0.5, 0.6) is 5.75 Å². The Kier molecular flexibility index (Phi) is 10.6. The molecule has 0 saturated heterocycles. The van der Waals surface area contributed by atoms with Crippen LogP contribution in [-0.2, 0) is 13.1 Å². The monoisotopic (exact) mass is 487 g/mol. The van der Waals surface area contributed by atoms with Gasteiger partial charge in [-0.25, -0.2) is 9.67 Å². The van der Waals surface area contributed by atoms with Crippen LogP contribution in [0.15, 0.2) is 96.3 Å². The number of hydrogen-bond donors (Lipinski definition) is 0. The SMILES string of the molecule is Cl.Cl.O=c1ccc(-n2ccnc2)nn1CCN(CCOc1ccccc1)Cc1ccccc1. The zero-order chi connectivity index (χ0) is 21.3. The molecule has 0 spiro atoms. The molecule has 2 heterocycles. The molecule has 4 rings (SSSR count). The number of imidazole rings is 1. The summed E-state index contributed by atoms with van der Waals surface area (Å²) in [5.41, 5.74) is 1.10. The van der Waals surface area contributed by atoms with Crippen molar-refractivity contribution in [2.24, 2.45) is 0 Å². The highest BCUT2D eigenvalue weighted by Gasteiger charge is 2.09. The normalized spacial score (nSPS) is 10.3. The molecule has 0 aliphatic carbocycles. The van der Waals surface area contributed by atoms with E-state index in [4.69, 9.17) is 4.74 Å². The summed E-state index contributed by atoms with van der Waals surface area (Å²) >= 11 is 0. The van der Waals surface area contributed by atoms with Gasteiger partial charge in [0, 0.05) is 38.1 Å². The Morgan fingerprint density at radius 1 is 0.879 bits per heavy atom. The first-order valence-corrected chi connectivity index (χ1v) is 10.3. The predicted molar refractivity (Wildman–Crippen MR) is 134 cm³/mol. The summed E-state index contributed by atoms with van der Waals surface area (Å²) in [4.78, 5) is 18.7. The summed E-state index contributed by atoms with van der Waals surface area (Å²) in [5.74, 6) is 1.52. The van der Waals surface area contributed by atoms with Crippen LogP contribution < -0.4 is 10.3 Å². The quantitative estimate of drug-likeness (QED) is 0.339. The third-order valence-corrected chi connectivity index (χ3v) is 4.92. The predicted octanol–water partition coefficient (Wildman–Crippen LogP) is 3.85. The number of halogens is 2. The van der Waals surface area contributed by atoms with Crippen molar-refractivity contribution in [3.63, 3.8) is 0 Å². The molecule has 0 atom stereocenters. The molecule has 0 fully saturated rings. The molecule has 174 valence electrons. The first-order valence-electron chi connectivity index (χ1n) is 10.3.